The summed E-state index contributed by atoms with van der Waals surface area (Å²) in [5.41, 5.74) is 7.10. The molecule has 1 saturated carbocycles. The van der Waals surface area contributed by atoms with Crippen molar-refractivity contribution < 1.29 is 4.79 Å². The zero-order valence-electron chi connectivity index (χ0n) is 12.3. The standard InChI is InChI=1S/C16H25N3O/c1-19(12-8-14-7-3-6-11-18-14)15(20)13-16(17)9-4-2-5-10-16/h3,6-7,11H,2,4-5,8-10,12-13,17H2,1H3. The van der Waals surface area contributed by atoms with Gasteiger partial charge in [0.1, 0.15) is 0 Å². The van der Waals surface area contributed by atoms with E-state index in [4.69, 9.17) is 5.73 Å². The van der Waals surface area contributed by atoms with Crippen LogP contribution in [0.15, 0.2) is 24.4 Å². The van der Waals surface area contributed by atoms with E-state index in [1.54, 1.807) is 11.1 Å². The highest BCUT2D eigenvalue weighted by molar-refractivity contribution is 5.77. The van der Waals surface area contributed by atoms with Gasteiger partial charge in [-0.15, -0.1) is 0 Å². The minimum Gasteiger partial charge on any atom is -0.345 e. The third-order valence-electron chi connectivity index (χ3n) is 4.21. The van der Waals surface area contributed by atoms with Crippen molar-refractivity contribution in [2.75, 3.05) is 13.6 Å². The van der Waals surface area contributed by atoms with E-state index in [2.05, 4.69) is 4.98 Å². The van der Waals surface area contributed by atoms with Gasteiger partial charge in [-0.1, -0.05) is 25.3 Å². The summed E-state index contributed by atoms with van der Waals surface area (Å²) in [6, 6.07) is 5.87. The molecule has 0 atom stereocenters. The molecule has 4 heteroatoms. The maximum Gasteiger partial charge on any atom is 0.224 e. The Morgan fingerprint density at radius 3 is 2.75 bits per heavy atom. The summed E-state index contributed by atoms with van der Waals surface area (Å²) in [6.07, 6.45) is 8.57. The fraction of sp³-hybridized carbons (Fsp3) is 0.625. The summed E-state index contributed by atoms with van der Waals surface area (Å²) in [5, 5.41) is 0. The Kier molecular flexibility index (Phi) is 5.12. The number of carbonyl (C=O) groups is 1. The van der Waals surface area contributed by atoms with Crippen LogP contribution < -0.4 is 5.73 Å². The van der Waals surface area contributed by atoms with Crippen LogP contribution in [0.5, 0.6) is 0 Å². The van der Waals surface area contributed by atoms with E-state index >= 15 is 0 Å². The fourth-order valence-corrected chi connectivity index (χ4v) is 2.82. The van der Waals surface area contributed by atoms with Gasteiger partial charge in [-0.2, -0.15) is 0 Å². The largest absolute Gasteiger partial charge is 0.345 e. The van der Waals surface area contributed by atoms with E-state index in [9.17, 15) is 4.79 Å². The lowest BCUT2D eigenvalue weighted by Gasteiger charge is -2.34. The molecule has 0 radical (unpaired) electrons. The van der Waals surface area contributed by atoms with Crippen LogP contribution in [0.1, 0.15) is 44.2 Å². The Labute approximate surface area is 121 Å². The Morgan fingerprint density at radius 2 is 2.10 bits per heavy atom. The molecule has 20 heavy (non-hydrogen) atoms. The second-order valence-electron chi connectivity index (χ2n) is 5.99. The van der Waals surface area contributed by atoms with Gasteiger partial charge < -0.3 is 10.6 Å². The first-order chi connectivity index (χ1) is 9.59. The van der Waals surface area contributed by atoms with E-state index in [1.807, 2.05) is 25.2 Å². The van der Waals surface area contributed by atoms with Gasteiger partial charge in [0, 0.05) is 43.9 Å². The first-order valence-corrected chi connectivity index (χ1v) is 7.52. The molecule has 2 rings (SSSR count). The summed E-state index contributed by atoms with van der Waals surface area (Å²) in [5.74, 6) is 0.158. The topological polar surface area (TPSA) is 59.2 Å². The van der Waals surface area contributed by atoms with Crippen LogP contribution in [0.2, 0.25) is 0 Å². The molecule has 1 aromatic heterocycles. The number of rotatable bonds is 5. The van der Waals surface area contributed by atoms with Crippen LogP contribution in [-0.4, -0.2) is 34.9 Å². The Balaban J connectivity index is 1.79. The number of hydrogen-bond acceptors (Lipinski definition) is 3. The van der Waals surface area contributed by atoms with Crippen LogP contribution in [0.3, 0.4) is 0 Å². The average molecular weight is 275 g/mol. The fourth-order valence-electron chi connectivity index (χ4n) is 2.82. The molecule has 0 bridgehead atoms. The van der Waals surface area contributed by atoms with E-state index < -0.39 is 0 Å². The molecule has 1 heterocycles. The molecule has 0 saturated heterocycles. The molecule has 1 aromatic rings. The summed E-state index contributed by atoms with van der Waals surface area (Å²) in [6.45, 7) is 0.700. The number of amides is 1. The van der Waals surface area contributed by atoms with E-state index in [1.165, 1.54) is 6.42 Å². The minimum atomic E-state index is -0.269. The third kappa shape index (κ3) is 4.30. The van der Waals surface area contributed by atoms with Crippen LogP contribution in [0.4, 0.5) is 0 Å². The van der Waals surface area contributed by atoms with Crippen molar-refractivity contribution in [1.29, 1.82) is 0 Å². The second kappa shape index (κ2) is 6.84. The maximum absolute atomic E-state index is 12.3. The van der Waals surface area contributed by atoms with Crippen molar-refractivity contribution in [3.63, 3.8) is 0 Å². The molecular formula is C16H25N3O. The van der Waals surface area contributed by atoms with Crippen LogP contribution >= 0.6 is 0 Å². The van der Waals surface area contributed by atoms with Crippen LogP contribution in [-0.2, 0) is 11.2 Å². The number of aromatic nitrogens is 1. The molecule has 1 aliphatic rings. The minimum absolute atomic E-state index is 0.158. The monoisotopic (exact) mass is 275 g/mol. The van der Waals surface area contributed by atoms with E-state index in [0.717, 1.165) is 37.8 Å². The molecule has 1 fully saturated rings. The van der Waals surface area contributed by atoms with E-state index in [-0.39, 0.29) is 11.4 Å². The Morgan fingerprint density at radius 1 is 1.35 bits per heavy atom. The first-order valence-electron chi connectivity index (χ1n) is 7.52. The lowest BCUT2D eigenvalue weighted by molar-refractivity contribution is -0.131. The predicted molar refractivity (Wildman–Crippen MR) is 80.2 cm³/mol. The van der Waals surface area contributed by atoms with Gasteiger partial charge in [0.05, 0.1) is 0 Å². The van der Waals surface area contributed by atoms with E-state index in [0.29, 0.717) is 13.0 Å². The third-order valence-corrected chi connectivity index (χ3v) is 4.21. The number of carbonyl (C=O) groups excluding carboxylic acids is 1. The van der Waals surface area contributed by atoms with Gasteiger partial charge in [-0.25, -0.2) is 0 Å². The highest BCUT2D eigenvalue weighted by Gasteiger charge is 2.30. The van der Waals surface area contributed by atoms with Gasteiger partial charge in [0.25, 0.3) is 0 Å². The first kappa shape index (κ1) is 15.0. The highest BCUT2D eigenvalue weighted by atomic mass is 16.2. The lowest BCUT2D eigenvalue weighted by Crippen LogP contribution is -2.46. The van der Waals surface area contributed by atoms with Crippen molar-refractivity contribution >= 4 is 5.91 Å². The summed E-state index contributed by atoms with van der Waals surface area (Å²) in [4.78, 5) is 18.3. The number of nitrogens with two attached hydrogens (primary N) is 1. The zero-order chi connectivity index (χ0) is 14.4. The molecule has 1 aliphatic carbocycles. The summed E-state index contributed by atoms with van der Waals surface area (Å²) >= 11 is 0. The number of hydrogen-bond donors (Lipinski definition) is 1. The lowest BCUT2D eigenvalue weighted by atomic mass is 9.80. The Bertz CT molecular complexity index is 427. The van der Waals surface area contributed by atoms with Crippen LogP contribution in [0, 0.1) is 0 Å². The van der Waals surface area contributed by atoms with Crippen molar-refractivity contribution in [2.45, 2.75) is 50.5 Å². The number of likely N-dealkylation sites (N-methyl/N-ethyl adjacent to an activating group) is 1. The quantitative estimate of drug-likeness (QED) is 0.895. The maximum atomic E-state index is 12.3. The summed E-state index contributed by atoms with van der Waals surface area (Å²) in [7, 11) is 1.86. The number of nitrogens with zero attached hydrogens (tertiary/aromatic N) is 2. The van der Waals surface area contributed by atoms with Crippen molar-refractivity contribution in [2.24, 2.45) is 5.73 Å². The molecule has 0 unspecified atom stereocenters. The highest BCUT2D eigenvalue weighted by Crippen LogP contribution is 2.29. The predicted octanol–water partition coefficient (Wildman–Crippen LogP) is 2.13. The molecule has 4 nitrogen and oxygen atoms in total. The van der Waals surface area contributed by atoms with Gasteiger partial charge in [0.15, 0.2) is 0 Å². The number of pyridine rings is 1. The summed E-state index contributed by atoms with van der Waals surface area (Å²) < 4.78 is 0. The molecule has 0 aromatic carbocycles. The molecule has 1 amide bonds. The van der Waals surface area contributed by atoms with Crippen molar-refractivity contribution in [3.05, 3.63) is 30.1 Å². The molecule has 0 spiro atoms. The van der Waals surface area contributed by atoms with Gasteiger partial charge in [-0.3, -0.25) is 9.78 Å². The zero-order valence-corrected chi connectivity index (χ0v) is 12.3. The SMILES string of the molecule is CN(CCc1ccccn1)C(=O)CC1(N)CCCCC1. The van der Waals surface area contributed by atoms with Crippen molar-refractivity contribution in [3.8, 4) is 0 Å². The molecule has 0 aliphatic heterocycles. The normalized spacial score (nSPS) is 17.7. The average Bonchev–Trinajstić information content (AvgIpc) is 2.46. The second-order valence-corrected chi connectivity index (χ2v) is 5.99. The van der Waals surface area contributed by atoms with Gasteiger partial charge in [-0.05, 0) is 25.0 Å². The van der Waals surface area contributed by atoms with Crippen molar-refractivity contribution in [1.82, 2.24) is 9.88 Å². The molecule has 110 valence electrons. The van der Waals surface area contributed by atoms with Crippen LogP contribution in [0.25, 0.3) is 0 Å². The Hall–Kier alpha value is -1.42. The molecule has 2 N–H and O–H groups in total. The van der Waals surface area contributed by atoms with Gasteiger partial charge >= 0.3 is 0 Å². The molecular weight excluding hydrogens is 250 g/mol. The smallest absolute Gasteiger partial charge is 0.224 e. The van der Waals surface area contributed by atoms with Gasteiger partial charge in [0.2, 0.25) is 5.91 Å².